The van der Waals surface area contributed by atoms with Crippen LogP contribution in [-0.2, 0) is 0 Å². The predicted molar refractivity (Wildman–Crippen MR) is 54.8 cm³/mol. The molecule has 0 heterocycles. The highest BCUT2D eigenvalue weighted by atomic mass is 19.3. The molecule has 0 atom stereocenters. The van der Waals surface area contributed by atoms with Gasteiger partial charge >= 0.3 is 6.43 Å². The van der Waals surface area contributed by atoms with Crippen LogP contribution in [0, 0.1) is 0 Å². The van der Waals surface area contributed by atoms with Gasteiger partial charge in [0.15, 0.2) is 0 Å². The van der Waals surface area contributed by atoms with Crippen molar-refractivity contribution < 1.29 is 18.4 Å². The van der Waals surface area contributed by atoms with Gasteiger partial charge in [-0.3, -0.25) is 9.59 Å². The summed E-state index contributed by atoms with van der Waals surface area (Å²) in [5.41, 5.74) is 0.265. The van der Waals surface area contributed by atoms with E-state index < -0.39 is 12.2 Å². The van der Waals surface area contributed by atoms with Crippen LogP contribution < -0.4 is 0 Å². The second kappa shape index (κ2) is 4.83. The number of rotatable bonds is 3. The highest BCUT2D eigenvalue weighted by molar-refractivity contribution is 6.00. The first-order valence-corrected chi connectivity index (χ1v) is 4.57. The fourth-order valence-electron chi connectivity index (χ4n) is 1.16. The van der Waals surface area contributed by atoms with Crippen molar-refractivity contribution >= 4 is 11.7 Å². The van der Waals surface area contributed by atoms with Crippen molar-refractivity contribution in [2.24, 2.45) is 0 Å². The Labute approximate surface area is 91.7 Å². The Morgan fingerprint density at radius 3 is 1.88 bits per heavy atom. The van der Waals surface area contributed by atoms with Gasteiger partial charge in [-0.1, -0.05) is 12.1 Å². The maximum Gasteiger partial charge on any atom is 0.300 e. The Hall–Kier alpha value is -1.78. The summed E-state index contributed by atoms with van der Waals surface area (Å²) in [6, 6.07) is 5.17. The average Bonchev–Trinajstić information content (AvgIpc) is 2.27. The Morgan fingerprint density at radius 2 is 1.50 bits per heavy atom. The van der Waals surface area contributed by atoms with E-state index in [4.69, 9.17) is 0 Å². The highest BCUT2D eigenvalue weighted by Gasteiger charge is 2.18. The molecule has 0 unspecified atom stereocenters. The van der Waals surface area contributed by atoms with Crippen LogP contribution in [0.25, 0.3) is 0 Å². The number of ketones is 1. The van der Waals surface area contributed by atoms with Gasteiger partial charge in [0.05, 0.1) is 0 Å². The minimum Gasteiger partial charge on any atom is -0.345 e. The second-order valence-corrected chi connectivity index (χ2v) is 3.44. The van der Waals surface area contributed by atoms with Gasteiger partial charge in [-0.15, -0.1) is 0 Å². The third-order valence-electron chi connectivity index (χ3n) is 2.02. The molecule has 1 amide bonds. The van der Waals surface area contributed by atoms with Crippen LogP contribution in [0.3, 0.4) is 0 Å². The first kappa shape index (κ1) is 12.3. The molecule has 0 radical (unpaired) electrons. The number of alkyl halides is 2. The van der Waals surface area contributed by atoms with E-state index in [1.807, 2.05) is 0 Å². The Balaban J connectivity index is 2.92. The molecule has 0 bridgehead atoms. The number of hydrogen-bond acceptors (Lipinski definition) is 2. The molecule has 1 rings (SSSR count). The molecule has 0 saturated carbocycles. The van der Waals surface area contributed by atoms with Crippen LogP contribution in [0.15, 0.2) is 24.3 Å². The zero-order valence-corrected chi connectivity index (χ0v) is 8.91. The van der Waals surface area contributed by atoms with Gasteiger partial charge in [0.2, 0.25) is 5.78 Å². The smallest absolute Gasteiger partial charge is 0.300 e. The Morgan fingerprint density at radius 1 is 1.06 bits per heavy atom. The summed E-state index contributed by atoms with van der Waals surface area (Å²) in [6.45, 7) is 0. The lowest BCUT2D eigenvalue weighted by Crippen LogP contribution is -2.21. The first-order chi connectivity index (χ1) is 7.43. The fourth-order valence-corrected chi connectivity index (χ4v) is 1.16. The summed E-state index contributed by atoms with van der Waals surface area (Å²) in [4.78, 5) is 23.7. The molecule has 0 aliphatic carbocycles. The number of benzene rings is 1. The molecule has 0 aliphatic rings. The molecule has 0 spiro atoms. The second-order valence-electron chi connectivity index (χ2n) is 3.44. The molecule has 1 aromatic carbocycles. The van der Waals surface area contributed by atoms with Crippen molar-refractivity contribution in [3.63, 3.8) is 0 Å². The van der Waals surface area contributed by atoms with Crippen molar-refractivity contribution in [2.75, 3.05) is 14.1 Å². The SMILES string of the molecule is CN(C)C(=O)c1ccc(C(=O)C(F)F)cc1. The van der Waals surface area contributed by atoms with Gasteiger partial charge in [-0.05, 0) is 12.1 Å². The van der Waals surface area contributed by atoms with E-state index in [9.17, 15) is 18.4 Å². The topological polar surface area (TPSA) is 37.4 Å². The summed E-state index contributed by atoms with van der Waals surface area (Å²) in [5.74, 6) is -1.47. The van der Waals surface area contributed by atoms with Crippen molar-refractivity contribution in [3.8, 4) is 0 Å². The molecular weight excluding hydrogens is 216 g/mol. The summed E-state index contributed by atoms with van der Waals surface area (Å²) < 4.78 is 24.2. The summed E-state index contributed by atoms with van der Waals surface area (Å²) >= 11 is 0. The molecular formula is C11H11F2NO2. The molecule has 0 N–H and O–H groups in total. The normalized spacial score (nSPS) is 10.3. The first-order valence-electron chi connectivity index (χ1n) is 4.57. The van der Waals surface area contributed by atoms with Gasteiger partial charge < -0.3 is 4.90 Å². The number of Topliss-reactive ketones (excluding diaryl/α,β-unsaturated/α-hetero) is 1. The Bertz CT molecular complexity index is 360. The number of carbonyl (C=O) groups excluding carboxylic acids is 2. The average molecular weight is 227 g/mol. The fraction of sp³-hybridized carbons (Fsp3) is 0.273. The molecule has 0 aliphatic heterocycles. The van der Waals surface area contributed by atoms with Crippen molar-refractivity contribution in [2.45, 2.75) is 6.43 Å². The lowest BCUT2D eigenvalue weighted by molar-refractivity contribution is 0.0678. The van der Waals surface area contributed by atoms with E-state index in [1.165, 1.54) is 29.2 Å². The predicted octanol–water partition coefficient (Wildman–Crippen LogP) is 1.84. The summed E-state index contributed by atoms with van der Waals surface area (Å²) in [7, 11) is 3.17. The number of hydrogen-bond donors (Lipinski definition) is 0. The third-order valence-corrected chi connectivity index (χ3v) is 2.02. The Kier molecular flexibility index (Phi) is 3.71. The molecule has 86 valence electrons. The zero-order valence-electron chi connectivity index (χ0n) is 8.91. The minimum atomic E-state index is -3.02. The molecule has 3 nitrogen and oxygen atoms in total. The van der Waals surface area contributed by atoms with Gasteiger partial charge in [0.1, 0.15) is 0 Å². The molecule has 16 heavy (non-hydrogen) atoms. The highest BCUT2D eigenvalue weighted by Crippen LogP contribution is 2.10. The minimum absolute atomic E-state index is 0.0923. The van der Waals surface area contributed by atoms with E-state index in [1.54, 1.807) is 14.1 Å². The number of carbonyl (C=O) groups is 2. The van der Waals surface area contributed by atoms with E-state index in [-0.39, 0.29) is 11.5 Å². The molecule has 0 saturated heterocycles. The van der Waals surface area contributed by atoms with Gasteiger partial charge in [0.25, 0.3) is 5.91 Å². The van der Waals surface area contributed by atoms with Gasteiger partial charge in [-0.25, -0.2) is 8.78 Å². The van der Waals surface area contributed by atoms with Crippen molar-refractivity contribution in [1.29, 1.82) is 0 Å². The molecule has 0 aromatic heterocycles. The van der Waals surface area contributed by atoms with Crippen molar-refractivity contribution in [3.05, 3.63) is 35.4 Å². The lowest BCUT2D eigenvalue weighted by atomic mass is 10.1. The molecule has 5 heteroatoms. The molecule has 1 aromatic rings. The van der Waals surface area contributed by atoms with E-state index in [0.29, 0.717) is 5.56 Å². The maximum atomic E-state index is 12.1. The summed E-state index contributed by atoms with van der Waals surface area (Å²) in [6.07, 6.45) is -3.02. The quantitative estimate of drug-likeness (QED) is 0.739. The van der Waals surface area contributed by atoms with E-state index in [2.05, 4.69) is 0 Å². The van der Waals surface area contributed by atoms with Crippen LogP contribution >= 0.6 is 0 Å². The maximum absolute atomic E-state index is 12.1. The van der Waals surface area contributed by atoms with Crippen LogP contribution in [0.2, 0.25) is 0 Å². The van der Waals surface area contributed by atoms with E-state index in [0.717, 1.165) is 0 Å². The lowest BCUT2D eigenvalue weighted by Gasteiger charge is -2.10. The third kappa shape index (κ3) is 2.62. The van der Waals surface area contributed by atoms with Crippen LogP contribution in [0.1, 0.15) is 20.7 Å². The van der Waals surface area contributed by atoms with Gasteiger partial charge in [-0.2, -0.15) is 0 Å². The number of nitrogens with zero attached hydrogens (tertiary/aromatic N) is 1. The van der Waals surface area contributed by atoms with Crippen LogP contribution in [-0.4, -0.2) is 37.1 Å². The monoisotopic (exact) mass is 227 g/mol. The largest absolute Gasteiger partial charge is 0.345 e. The summed E-state index contributed by atoms with van der Waals surface area (Å²) in [5, 5.41) is 0. The van der Waals surface area contributed by atoms with Crippen LogP contribution in [0.5, 0.6) is 0 Å². The zero-order chi connectivity index (χ0) is 12.3. The number of amides is 1. The molecule has 0 fully saturated rings. The standard InChI is InChI=1S/C11H11F2NO2/c1-14(2)11(16)8-5-3-7(4-6-8)9(15)10(12)13/h3-6,10H,1-2H3. The van der Waals surface area contributed by atoms with Gasteiger partial charge in [0, 0.05) is 25.2 Å². The number of halogens is 2. The van der Waals surface area contributed by atoms with Crippen molar-refractivity contribution in [1.82, 2.24) is 4.90 Å². The van der Waals surface area contributed by atoms with Crippen LogP contribution in [0.4, 0.5) is 8.78 Å². The van der Waals surface area contributed by atoms with E-state index >= 15 is 0 Å².